The third-order valence-electron chi connectivity index (χ3n) is 2.70. The van der Waals surface area contributed by atoms with Crippen molar-refractivity contribution < 1.29 is 4.52 Å². The SMILES string of the molecule is CCNC(=NCc1noc(C)n1)N(C)Cc1csc(C)n1.I. The molecular weight excluding hydrogens is 415 g/mol. The Bertz CT molecular complexity index is 611. The van der Waals surface area contributed by atoms with Gasteiger partial charge in [-0.3, -0.25) is 0 Å². The minimum atomic E-state index is 0. The van der Waals surface area contributed by atoms with Crippen molar-refractivity contribution in [2.45, 2.75) is 33.9 Å². The predicted octanol–water partition coefficient (Wildman–Crippen LogP) is 2.36. The van der Waals surface area contributed by atoms with E-state index in [1.54, 1.807) is 18.3 Å². The van der Waals surface area contributed by atoms with Crippen molar-refractivity contribution in [1.29, 1.82) is 0 Å². The molecule has 0 atom stereocenters. The zero-order valence-electron chi connectivity index (χ0n) is 13.2. The molecule has 9 heteroatoms. The van der Waals surface area contributed by atoms with Crippen LogP contribution in [0.2, 0.25) is 0 Å². The van der Waals surface area contributed by atoms with Crippen LogP contribution in [0.4, 0.5) is 0 Å². The molecule has 0 aliphatic heterocycles. The molecule has 2 heterocycles. The number of hydrogen-bond donors (Lipinski definition) is 1. The van der Waals surface area contributed by atoms with Gasteiger partial charge in [-0.1, -0.05) is 5.16 Å². The number of aliphatic imine (C=N–C) groups is 1. The summed E-state index contributed by atoms with van der Waals surface area (Å²) >= 11 is 1.65. The molecule has 1 N–H and O–H groups in total. The molecule has 0 fully saturated rings. The molecule has 0 aliphatic rings. The lowest BCUT2D eigenvalue weighted by molar-refractivity contribution is 0.387. The Labute approximate surface area is 151 Å². The summed E-state index contributed by atoms with van der Waals surface area (Å²) in [6, 6.07) is 0. The number of aryl methyl sites for hydroxylation is 2. The monoisotopic (exact) mass is 436 g/mol. The Balaban J connectivity index is 0.00000242. The summed E-state index contributed by atoms with van der Waals surface area (Å²) < 4.78 is 4.94. The minimum Gasteiger partial charge on any atom is -0.357 e. The van der Waals surface area contributed by atoms with Crippen molar-refractivity contribution in [1.82, 2.24) is 25.3 Å². The van der Waals surface area contributed by atoms with Gasteiger partial charge in [-0.2, -0.15) is 4.98 Å². The minimum absolute atomic E-state index is 0. The van der Waals surface area contributed by atoms with Gasteiger partial charge in [0.1, 0.15) is 6.54 Å². The van der Waals surface area contributed by atoms with Gasteiger partial charge in [-0.05, 0) is 13.8 Å². The number of hydrogen-bond acceptors (Lipinski definition) is 6. The average molecular weight is 436 g/mol. The Kier molecular flexibility index (Phi) is 7.73. The number of nitrogens with zero attached hydrogens (tertiary/aromatic N) is 5. The number of guanidine groups is 1. The second kappa shape index (κ2) is 9.03. The molecule has 122 valence electrons. The fraction of sp³-hybridized carbons (Fsp3) is 0.538. The van der Waals surface area contributed by atoms with Crippen molar-refractivity contribution >= 4 is 41.3 Å². The van der Waals surface area contributed by atoms with Crippen LogP contribution in [0.15, 0.2) is 14.9 Å². The zero-order valence-corrected chi connectivity index (χ0v) is 16.3. The molecule has 0 aromatic carbocycles. The largest absolute Gasteiger partial charge is 0.357 e. The molecule has 2 aromatic heterocycles. The first-order chi connectivity index (χ1) is 10.1. The molecule has 2 rings (SSSR count). The first-order valence-electron chi connectivity index (χ1n) is 6.78. The van der Waals surface area contributed by atoms with Gasteiger partial charge in [0.25, 0.3) is 0 Å². The van der Waals surface area contributed by atoms with Crippen LogP contribution in [0.25, 0.3) is 0 Å². The van der Waals surface area contributed by atoms with E-state index in [1.165, 1.54) is 0 Å². The average Bonchev–Trinajstić information content (AvgIpc) is 3.03. The Morgan fingerprint density at radius 2 is 2.18 bits per heavy atom. The highest BCUT2D eigenvalue weighted by atomic mass is 127. The molecule has 0 saturated heterocycles. The first kappa shape index (κ1) is 18.8. The van der Waals surface area contributed by atoms with Crippen LogP contribution in [0.1, 0.15) is 29.3 Å². The van der Waals surface area contributed by atoms with Gasteiger partial charge in [0.05, 0.1) is 17.2 Å². The molecular formula is C13H21IN6OS. The summed E-state index contributed by atoms with van der Waals surface area (Å²) in [4.78, 5) is 15.2. The van der Waals surface area contributed by atoms with Gasteiger partial charge in [-0.15, -0.1) is 35.3 Å². The maximum Gasteiger partial charge on any atom is 0.223 e. The van der Waals surface area contributed by atoms with Crippen molar-refractivity contribution in [2.24, 2.45) is 4.99 Å². The quantitative estimate of drug-likeness (QED) is 0.441. The van der Waals surface area contributed by atoms with E-state index in [4.69, 9.17) is 4.52 Å². The van der Waals surface area contributed by atoms with E-state index in [9.17, 15) is 0 Å². The Morgan fingerprint density at radius 3 is 2.73 bits per heavy atom. The van der Waals surface area contributed by atoms with Crippen LogP contribution in [0, 0.1) is 13.8 Å². The molecule has 0 bridgehead atoms. The smallest absolute Gasteiger partial charge is 0.223 e. The third kappa shape index (κ3) is 5.52. The lowest BCUT2D eigenvalue weighted by Gasteiger charge is -2.20. The number of aromatic nitrogens is 3. The standard InChI is InChI=1S/C13H20N6OS.HI/c1-5-14-13(15-6-12-16-9(2)20-18-12)19(4)7-11-8-21-10(3)17-11;/h8H,5-7H2,1-4H3,(H,14,15);1H. The van der Waals surface area contributed by atoms with Gasteiger partial charge in [0, 0.05) is 25.9 Å². The molecule has 0 amide bonds. The molecule has 0 aliphatic carbocycles. The van der Waals surface area contributed by atoms with Crippen LogP contribution in [0.5, 0.6) is 0 Å². The van der Waals surface area contributed by atoms with Crippen molar-refractivity contribution in [3.63, 3.8) is 0 Å². The highest BCUT2D eigenvalue weighted by Crippen LogP contribution is 2.10. The topological polar surface area (TPSA) is 79.4 Å². The third-order valence-corrected chi connectivity index (χ3v) is 3.52. The first-order valence-corrected chi connectivity index (χ1v) is 7.66. The maximum absolute atomic E-state index is 4.94. The summed E-state index contributed by atoms with van der Waals surface area (Å²) in [5, 5.41) is 10.2. The summed E-state index contributed by atoms with van der Waals surface area (Å²) in [5.74, 6) is 1.93. The van der Waals surface area contributed by atoms with E-state index in [1.807, 2.05) is 25.8 Å². The maximum atomic E-state index is 4.94. The fourth-order valence-corrected chi connectivity index (χ4v) is 2.42. The number of rotatable bonds is 5. The number of thiazole rings is 1. The van der Waals surface area contributed by atoms with Gasteiger partial charge >= 0.3 is 0 Å². The van der Waals surface area contributed by atoms with Crippen LogP contribution in [-0.4, -0.2) is 39.6 Å². The highest BCUT2D eigenvalue weighted by molar-refractivity contribution is 14.0. The molecule has 0 unspecified atom stereocenters. The second-order valence-electron chi connectivity index (χ2n) is 4.61. The summed E-state index contributed by atoms with van der Waals surface area (Å²) in [5.41, 5.74) is 1.04. The van der Waals surface area contributed by atoms with Gasteiger partial charge in [0.2, 0.25) is 5.89 Å². The summed E-state index contributed by atoms with van der Waals surface area (Å²) in [6.07, 6.45) is 0. The fourth-order valence-electron chi connectivity index (χ4n) is 1.82. The van der Waals surface area contributed by atoms with E-state index in [0.29, 0.717) is 24.8 Å². The van der Waals surface area contributed by atoms with E-state index >= 15 is 0 Å². The van der Waals surface area contributed by atoms with E-state index < -0.39 is 0 Å². The summed E-state index contributed by atoms with van der Waals surface area (Å²) in [7, 11) is 1.98. The lowest BCUT2D eigenvalue weighted by atomic mass is 10.4. The van der Waals surface area contributed by atoms with Crippen molar-refractivity contribution in [3.05, 3.63) is 27.8 Å². The van der Waals surface area contributed by atoms with Gasteiger partial charge in [-0.25, -0.2) is 9.98 Å². The molecule has 0 saturated carbocycles. The van der Waals surface area contributed by atoms with Crippen LogP contribution in [-0.2, 0) is 13.1 Å². The lowest BCUT2D eigenvalue weighted by Crippen LogP contribution is -2.38. The van der Waals surface area contributed by atoms with E-state index in [2.05, 4.69) is 30.8 Å². The normalized spacial score (nSPS) is 11.2. The van der Waals surface area contributed by atoms with Gasteiger partial charge < -0.3 is 14.7 Å². The number of nitrogens with one attached hydrogen (secondary N) is 1. The molecule has 0 radical (unpaired) electrons. The van der Waals surface area contributed by atoms with Crippen molar-refractivity contribution in [3.8, 4) is 0 Å². The summed E-state index contributed by atoms with van der Waals surface area (Å²) in [6.45, 7) is 7.70. The zero-order chi connectivity index (χ0) is 15.2. The van der Waals surface area contributed by atoms with E-state index in [0.717, 1.165) is 23.2 Å². The predicted molar refractivity (Wildman–Crippen MR) is 97.6 cm³/mol. The molecule has 22 heavy (non-hydrogen) atoms. The molecule has 0 spiro atoms. The molecule has 2 aromatic rings. The molecule has 7 nitrogen and oxygen atoms in total. The number of halogens is 1. The van der Waals surface area contributed by atoms with Crippen LogP contribution in [0.3, 0.4) is 0 Å². The van der Waals surface area contributed by atoms with Crippen LogP contribution < -0.4 is 5.32 Å². The van der Waals surface area contributed by atoms with E-state index in [-0.39, 0.29) is 24.0 Å². The second-order valence-corrected chi connectivity index (χ2v) is 5.68. The van der Waals surface area contributed by atoms with Crippen molar-refractivity contribution in [2.75, 3.05) is 13.6 Å². The van der Waals surface area contributed by atoms with Gasteiger partial charge in [0.15, 0.2) is 11.8 Å². The Morgan fingerprint density at radius 1 is 1.41 bits per heavy atom. The highest BCUT2D eigenvalue weighted by Gasteiger charge is 2.09. The Hall–Kier alpha value is -1.23. The van der Waals surface area contributed by atoms with Crippen LogP contribution >= 0.6 is 35.3 Å².